The molecule has 1 aliphatic rings. The van der Waals surface area contributed by atoms with E-state index in [0.29, 0.717) is 34.2 Å². The van der Waals surface area contributed by atoms with Crippen molar-refractivity contribution in [2.24, 2.45) is 5.73 Å². The van der Waals surface area contributed by atoms with Gasteiger partial charge in [0.25, 0.3) is 5.91 Å². The molecule has 0 saturated carbocycles. The van der Waals surface area contributed by atoms with Gasteiger partial charge < -0.3 is 26.3 Å². The van der Waals surface area contributed by atoms with Crippen molar-refractivity contribution in [1.82, 2.24) is 20.2 Å². The minimum absolute atomic E-state index is 0.219. The van der Waals surface area contributed by atoms with Crippen LogP contribution in [0.15, 0.2) is 85.1 Å². The second-order valence-corrected chi connectivity index (χ2v) is 8.57. The number of H-pyrrole nitrogens is 2. The largest absolute Gasteiger partial charge is 0.366 e. The fraction of sp³-hybridized carbons (Fsp3) is 0. The Kier molecular flexibility index (Phi) is 5.35. The minimum atomic E-state index is -0.531. The number of carbonyl (C=O) groups excluding carboxylic acids is 2. The van der Waals surface area contributed by atoms with Crippen LogP contribution in [0.5, 0.6) is 0 Å². The van der Waals surface area contributed by atoms with Crippen LogP contribution in [0.4, 0.5) is 17.1 Å². The van der Waals surface area contributed by atoms with E-state index in [2.05, 4.69) is 30.8 Å². The quantitative estimate of drug-likeness (QED) is 0.219. The Labute approximate surface area is 211 Å². The number of aromatic amines is 2. The van der Waals surface area contributed by atoms with Gasteiger partial charge in [-0.05, 0) is 36.4 Å². The van der Waals surface area contributed by atoms with Gasteiger partial charge in [-0.2, -0.15) is 0 Å². The molecule has 2 amide bonds. The Bertz CT molecular complexity index is 1680. The number of primary amides is 1. The molecule has 3 aromatic carbocycles. The van der Waals surface area contributed by atoms with Crippen LogP contribution in [-0.2, 0) is 4.79 Å². The summed E-state index contributed by atoms with van der Waals surface area (Å²) in [7, 11) is 0. The summed E-state index contributed by atoms with van der Waals surface area (Å²) in [5.41, 5.74) is 11.8. The number of nitrogens with zero attached hydrogens (tertiary/aromatic N) is 2. The highest BCUT2D eigenvalue weighted by Gasteiger charge is 2.24. The molecule has 0 spiro atoms. The highest BCUT2D eigenvalue weighted by molar-refractivity contribution is 6.35. The predicted molar refractivity (Wildman–Crippen MR) is 143 cm³/mol. The maximum Gasteiger partial charge on any atom is 0.256 e. The molecule has 0 fully saturated rings. The van der Waals surface area contributed by atoms with Gasteiger partial charge in [0.05, 0.1) is 16.8 Å². The number of rotatable bonds is 6. The second-order valence-electron chi connectivity index (χ2n) is 8.57. The second kappa shape index (κ2) is 8.97. The zero-order chi connectivity index (χ0) is 25.4. The van der Waals surface area contributed by atoms with Crippen LogP contribution in [0.2, 0.25) is 0 Å². The van der Waals surface area contributed by atoms with Crippen molar-refractivity contribution in [2.75, 3.05) is 10.6 Å². The molecule has 1 aliphatic heterocycles. The number of hydrogen-bond donors (Lipinski definition) is 5. The molecule has 0 radical (unpaired) electrons. The number of aromatic nitrogens is 4. The first kappa shape index (κ1) is 22.1. The molecule has 0 unspecified atom stereocenters. The van der Waals surface area contributed by atoms with Gasteiger partial charge >= 0.3 is 0 Å². The Morgan fingerprint density at radius 1 is 0.865 bits per heavy atom. The number of amides is 2. The van der Waals surface area contributed by atoms with Crippen molar-refractivity contribution < 1.29 is 9.59 Å². The molecule has 9 nitrogen and oxygen atoms in total. The van der Waals surface area contributed by atoms with Gasteiger partial charge in [-0.1, -0.05) is 48.5 Å². The number of anilines is 3. The number of carbonyl (C=O) groups is 2. The first-order valence-electron chi connectivity index (χ1n) is 11.5. The highest BCUT2D eigenvalue weighted by Crippen LogP contribution is 2.36. The van der Waals surface area contributed by atoms with Gasteiger partial charge in [0.15, 0.2) is 11.6 Å². The normalized spacial score (nSPS) is 13.4. The SMILES string of the molecule is NC(=O)c1c[nH]c(/C=C2\C(=O)Nc3cc(Nc4cccc(-c5nnc(-c6ccccc6)[nH]5)c4)ccc32)c1. The van der Waals surface area contributed by atoms with E-state index in [4.69, 9.17) is 5.73 Å². The van der Waals surface area contributed by atoms with E-state index in [9.17, 15) is 9.59 Å². The Morgan fingerprint density at radius 3 is 2.41 bits per heavy atom. The molecule has 5 aromatic rings. The minimum Gasteiger partial charge on any atom is -0.366 e. The van der Waals surface area contributed by atoms with E-state index < -0.39 is 5.91 Å². The monoisotopic (exact) mass is 487 g/mol. The fourth-order valence-electron chi connectivity index (χ4n) is 4.24. The number of fused-ring (bicyclic) bond motifs is 1. The van der Waals surface area contributed by atoms with Gasteiger partial charge in [-0.15, -0.1) is 10.2 Å². The third kappa shape index (κ3) is 4.37. The topological polar surface area (TPSA) is 142 Å². The summed E-state index contributed by atoms with van der Waals surface area (Å²) in [5.74, 6) is 0.625. The summed E-state index contributed by atoms with van der Waals surface area (Å²) in [6, 6.07) is 25.0. The predicted octanol–water partition coefficient (Wildman–Crippen LogP) is 4.80. The van der Waals surface area contributed by atoms with Gasteiger partial charge in [0, 0.05) is 40.0 Å². The van der Waals surface area contributed by atoms with Crippen LogP contribution in [-0.4, -0.2) is 32.0 Å². The molecular formula is C28H21N7O2. The number of nitrogens with two attached hydrogens (primary N) is 1. The van der Waals surface area contributed by atoms with E-state index >= 15 is 0 Å². The first-order chi connectivity index (χ1) is 18.0. The molecule has 2 aromatic heterocycles. The van der Waals surface area contributed by atoms with Crippen LogP contribution in [0.1, 0.15) is 21.6 Å². The molecule has 0 bridgehead atoms. The zero-order valence-corrected chi connectivity index (χ0v) is 19.4. The van der Waals surface area contributed by atoms with Crippen LogP contribution in [0.25, 0.3) is 34.4 Å². The van der Waals surface area contributed by atoms with Crippen molar-refractivity contribution in [3.63, 3.8) is 0 Å². The molecule has 0 saturated heterocycles. The van der Waals surface area contributed by atoms with Crippen LogP contribution in [0, 0.1) is 0 Å². The van der Waals surface area contributed by atoms with Crippen molar-refractivity contribution >= 4 is 40.5 Å². The molecular weight excluding hydrogens is 466 g/mol. The lowest BCUT2D eigenvalue weighted by atomic mass is 10.1. The molecule has 9 heteroatoms. The molecule has 0 aliphatic carbocycles. The molecule has 37 heavy (non-hydrogen) atoms. The van der Waals surface area contributed by atoms with Gasteiger partial charge in [0.2, 0.25) is 5.91 Å². The van der Waals surface area contributed by atoms with Crippen molar-refractivity contribution in [3.8, 4) is 22.8 Å². The number of benzene rings is 3. The van der Waals surface area contributed by atoms with Crippen LogP contribution >= 0.6 is 0 Å². The lowest BCUT2D eigenvalue weighted by molar-refractivity contribution is -0.110. The zero-order valence-electron chi connectivity index (χ0n) is 19.4. The maximum atomic E-state index is 12.6. The number of hydrogen-bond acceptors (Lipinski definition) is 5. The third-order valence-electron chi connectivity index (χ3n) is 6.05. The lowest BCUT2D eigenvalue weighted by Crippen LogP contribution is -2.09. The van der Waals surface area contributed by atoms with Gasteiger partial charge in [-0.25, -0.2) is 0 Å². The maximum absolute atomic E-state index is 12.6. The van der Waals surface area contributed by atoms with Gasteiger partial charge in [-0.3, -0.25) is 9.59 Å². The molecule has 3 heterocycles. The summed E-state index contributed by atoms with van der Waals surface area (Å²) >= 11 is 0. The molecule has 0 atom stereocenters. The molecule has 6 N–H and O–H groups in total. The fourth-order valence-corrected chi connectivity index (χ4v) is 4.24. The Hall–Kier alpha value is -5.44. The average molecular weight is 488 g/mol. The lowest BCUT2D eigenvalue weighted by Gasteiger charge is -2.09. The van der Waals surface area contributed by atoms with Crippen LogP contribution in [0.3, 0.4) is 0 Å². The number of nitrogens with one attached hydrogen (secondary N) is 4. The van der Waals surface area contributed by atoms with Crippen molar-refractivity contribution in [3.05, 3.63) is 102 Å². The third-order valence-corrected chi connectivity index (χ3v) is 6.05. The molecule has 6 rings (SSSR count). The van der Waals surface area contributed by atoms with Crippen molar-refractivity contribution in [2.45, 2.75) is 0 Å². The summed E-state index contributed by atoms with van der Waals surface area (Å²) in [4.78, 5) is 30.2. The van der Waals surface area contributed by atoms with Crippen LogP contribution < -0.4 is 16.4 Å². The van der Waals surface area contributed by atoms with E-state index in [1.54, 1.807) is 12.1 Å². The van der Waals surface area contributed by atoms with Crippen molar-refractivity contribution in [1.29, 1.82) is 0 Å². The summed E-state index contributed by atoms with van der Waals surface area (Å²) in [6.45, 7) is 0. The Morgan fingerprint density at radius 2 is 1.62 bits per heavy atom. The standard InChI is InChI=1S/C28H21N7O2/c29-25(36)18-12-21(30-15-18)13-23-22-10-9-20(14-24(22)32-28(23)37)31-19-8-4-7-17(11-19)27-33-26(34-35-27)16-5-2-1-3-6-16/h1-15,30-31H,(H2,29,36)(H,32,37)(H,33,34,35)/b23-13-. The average Bonchev–Trinajstić information content (AvgIpc) is 3.65. The Balaban J connectivity index is 1.23. The summed E-state index contributed by atoms with van der Waals surface area (Å²) in [6.07, 6.45) is 3.22. The highest BCUT2D eigenvalue weighted by atomic mass is 16.2. The smallest absolute Gasteiger partial charge is 0.256 e. The van der Waals surface area contributed by atoms with E-state index in [0.717, 1.165) is 28.1 Å². The first-order valence-corrected chi connectivity index (χ1v) is 11.5. The van der Waals surface area contributed by atoms with E-state index in [1.165, 1.54) is 6.20 Å². The van der Waals surface area contributed by atoms with Gasteiger partial charge in [0.1, 0.15) is 0 Å². The summed E-state index contributed by atoms with van der Waals surface area (Å²) < 4.78 is 0. The summed E-state index contributed by atoms with van der Waals surface area (Å²) in [5, 5.41) is 14.9. The molecule has 180 valence electrons. The van der Waals surface area contributed by atoms with E-state index in [1.807, 2.05) is 72.8 Å². The van der Waals surface area contributed by atoms with E-state index in [-0.39, 0.29) is 5.91 Å².